The molecule has 1 atom stereocenters. The lowest BCUT2D eigenvalue weighted by molar-refractivity contribution is -0.129. The van der Waals surface area contributed by atoms with Gasteiger partial charge in [0.2, 0.25) is 5.91 Å². The molecule has 114 valence electrons. The van der Waals surface area contributed by atoms with Crippen molar-refractivity contribution in [3.05, 3.63) is 35.9 Å². The van der Waals surface area contributed by atoms with Crippen LogP contribution in [0.2, 0.25) is 0 Å². The van der Waals surface area contributed by atoms with Crippen molar-refractivity contribution in [3.8, 4) is 0 Å². The highest BCUT2D eigenvalue weighted by molar-refractivity contribution is 5.86. The normalized spacial score (nSPS) is 18.2. The van der Waals surface area contributed by atoms with Gasteiger partial charge in [0.25, 0.3) is 0 Å². The Bertz CT molecular complexity index is 478. The zero-order valence-corrected chi connectivity index (χ0v) is 12.1. The SMILES string of the molecule is COCCC1C(=O)NCCN1C(=O)OCc1ccccc1. The number of benzene rings is 1. The van der Waals surface area contributed by atoms with Crippen molar-refractivity contribution >= 4 is 12.0 Å². The number of ether oxygens (including phenoxy) is 2. The molecule has 2 rings (SSSR count). The second-order valence-corrected chi connectivity index (χ2v) is 4.82. The van der Waals surface area contributed by atoms with E-state index >= 15 is 0 Å². The van der Waals surface area contributed by atoms with E-state index in [1.165, 1.54) is 4.90 Å². The predicted molar refractivity (Wildman–Crippen MR) is 76.6 cm³/mol. The fourth-order valence-electron chi connectivity index (χ4n) is 2.25. The zero-order chi connectivity index (χ0) is 15.1. The van der Waals surface area contributed by atoms with Crippen LogP contribution < -0.4 is 5.32 Å². The molecule has 1 aliphatic heterocycles. The number of hydrogen-bond donors (Lipinski definition) is 1. The van der Waals surface area contributed by atoms with Crippen LogP contribution in [0.5, 0.6) is 0 Å². The molecule has 1 aliphatic rings. The largest absolute Gasteiger partial charge is 0.445 e. The Morgan fingerprint density at radius 3 is 2.86 bits per heavy atom. The number of nitrogens with zero attached hydrogens (tertiary/aromatic N) is 1. The fourth-order valence-corrected chi connectivity index (χ4v) is 2.25. The van der Waals surface area contributed by atoms with Gasteiger partial charge in [-0.15, -0.1) is 0 Å². The number of nitrogens with one attached hydrogen (secondary N) is 1. The Balaban J connectivity index is 1.93. The lowest BCUT2D eigenvalue weighted by Gasteiger charge is -2.34. The summed E-state index contributed by atoms with van der Waals surface area (Å²) in [4.78, 5) is 25.5. The number of methoxy groups -OCH3 is 1. The lowest BCUT2D eigenvalue weighted by Crippen LogP contribution is -2.57. The summed E-state index contributed by atoms with van der Waals surface area (Å²) in [5.41, 5.74) is 0.917. The Morgan fingerprint density at radius 2 is 2.14 bits per heavy atom. The number of rotatable bonds is 5. The van der Waals surface area contributed by atoms with E-state index in [4.69, 9.17) is 9.47 Å². The number of amides is 2. The molecule has 0 saturated carbocycles. The lowest BCUT2D eigenvalue weighted by atomic mass is 10.1. The van der Waals surface area contributed by atoms with E-state index in [9.17, 15) is 9.59 Å². The smallest absolute Gasteiger partial charge is 0.410 e. The first-order valence-corrected chi connectivity index (χ1v) is 6.96. The number of carbonyl (C=O) groups excluding carboxylic acids is 2. The quantitative estimate of drug-likeness (QED) is 0.884. The third-order valence-electron chi connectivity index (χ3n) is 3.37. The van der Waals surface area contributed by atoms with Gasteiger partial charge >= 0.3 is 6.09 Å². The van der Waals surface area contributed by atoms with E-state index < -0.39 is 12.1 Å². The monoisotopic (exact) mass is 292 g/mol. The second-order valence-electron chi connectivity index (χ2n) is 4.82. The number of hydrogen-bond acceptors (Lipinski definition) is 4. The first-order valence-electron chi connectivity index (χ1n) is 6.96. The summed E-state index contributed by atoms with van der Waals surface area (Å²) < 4.78 is 10.3. The van der Waals surface area contributed by atoms with Gasteiger partial charge in [0.05, 0.1) is 0 Å². The molecular formula is C15H20N2O4. The van der Waals surface area contributed by atoms with Gasteiger partial charge in [-0.05, 0) is 5.56 Å². The van der Waals surface area contributed by atoms with Crippen LogP contribution in [0.25, 0.3) is 0 Å². The third kappa shape index (κ3) is 4.19. The van der Waals surface area contributed by atoms with E-state index in [1.54, 1.807) is 7.11 Å². The minimum absolute atomic E-state index is 0.157. The number of carbonyl (C=O) groups is 2. The molecule has 1 aromatic carbocycles. The van der Waals surface area contributed by atoms with Crippen LogP contribution in [0.15, 0.2) is 30.3 Å². The Hall–Kier alpha value is -2.08. The van der Waals surface area contributed by atoms with Gasteiger partial charge in [0, 0.05) is 33.2 Å². The Labute approximate surface area is 124 Å². The van der Waals surface area contributed by atoms with Crippen LogP contribution in [0.3, 0.4) is 0 Å². The molecule has 0 bridgehead atoms. The van der Waals surface area contributed by atoms with Crippen molar-refractivity contribution in [1.29, 1.82) is 0 Å². The van der Waals surface area contributed by atoms with Crippen molar-refractivity contribution < 1.29 is 19.1 Å². The minimum Gasteiger partial charge on any atom is -0.445 e. The van der Waals surface area contributed by atoms with E-state index in [1.807, 2.05) is 30.3 Å². The molecule has 21 heavy (non-hydrogen) atoms. The predicted octanol–water partition coefficient (Wildman–Crippen LogP) is 1.16. The van der Waals surface area contributed by atoms with Crippen molar-refractivity contribution in [2.75, 3.05) is 26.8 Å². The Kier molecular flexibility index (Phi) is 5.57. The molecule has 1 saturated heterocycles. The molecule has 1 aromatic rings. The Morgan fingerprint density at radius 1 is 1.38 bits per heavy atom. The molecule has 6 nitrogen and oxygen atoms in total. The van der Waals surface area contributed by atoms with E-state index in [0.29, 0.717) is 26.1 Å². The first-order chi connectivity index (χ1) is 10.2. The van der Waals surface area contributed by atoms with E-state index in [2.05, 4.69) is 5.32 Å². The summed E-state index contributed by atoms with van der Waals surface area (Å²) in [5, 5.41) is 2.76. The van der Waals surface area contributed by atoms with E-state index in [0.717, 1.165) is 5.56 Å². The summed E-state index contributed by atoms with van der Waals surface area (Å²) in [6.07, 6.45) is -0.00206. The standard InChI is InChI=1S/C15H20N2O4/c1-20-10-7-13-14(18)16-8-9-17(13)15(19)21-11-12-5-3-2-4-6-12/h2-6,13H,7-11H2,1H3,(H,16,18). The first kappa shape index (κ1) is 15.3. The fraction of sp³-hybridized carbons (Fsp3) is 0.467. The summed E-state index contributed by atoms with van der Waals surface area (Å²) in [6, 6.07) is 8.93. The summed E-state index contributed by atoms with van der Waals surface area (Å²) in [7, 11) is 1.57. The van der Waals surface area contributed by atoms with Crippen LogP contribution in [-0.4, -0.2) is 49.7 Å². The van der Waals surface area contributed by atoms with Gasteiger partial charge in [-0.2, -0.15) is 0 Å². The van der Waals surface area contributed by atoms with Crippen LogP contribution in [0, 0.1) is 0 Å². The molecule has 0 spiro atoms. The van der Waals surface area contributed by atoms with Crippen LogP contribution >= 0.6 is 0 Å². The topological polar surface area (TPSA) is 67.9 Å². The summed E-state index contributed by atoms with van der Waals surface area (Å²) in [6.45, 7) is 1.52. The van der Waals surface area contributed by atoms with Crippen LogP contribution in [0.1, 0.15) is 12.0 Å². The second kappa shape index (κ2) is 7.64. The molecule has 0 aromatic heterocycles. The van der Waals surface area contributed by atoms with Crippen LogP contribution in [-0.2, 0) is 20.9 Å². The maximum atomic E-state index is 12.2. The molecule has 1 fully saturated rings. The molecule has 1 heterocycles. The highest BCUT2D eigenvalue weighted by Gasteiger charge is 2.33. The van der Waals surface area contributed by atoms with Crippen molar-refractivity contribution in [1.82, 2.24) is 10.2 Å². The van der Waals surface area contributed by atoms with E-state index in [-0.39, 0.29) is 12.5 Å². The molecule has 6 heteroatoms. The van der Waals surface area contributed by atoms with Gasteiger partial charge in [0.1, 0.15) is 12.6 Å². The molecule has 0 aliphatic carbocycles. The van der Waals surface area contributed by atoms with Crippen molar-refractivity contribution in [2.45, 2.75) is 19.1 Å². The molecule has 1 N–H and O–H groups in total. The molecule has 2 amide bonds. The highest BCUT2D eigenvalue weighted by atomic mass is 16.6. The maximum absolute atomic E-state index is 12.2. The number of piperazine rings is 1. The maximum Gasteiger partial charge on any atom is 0.410 e. The summed E-state index contributed by atoms with van der Waals surface area (Å²) in [5.74, 6) is -0.157. The van der Waals surface area contributed by atoms with Gasteiger partial charge in [-0.3, -0.25) is 9.69 Å². The minimum atomic E-state index is -0.526. The average Bonchev–Trinajstić information content (AvgIpc) is 2.52. The summed E-state index contributed by atoms with van der Waals surface area (Å²) >= 11 is 0. The van der Waals surface area contributed by atoms with Crippen molar-refractivity contribution in [3.63, 3.8) is 0 Å². The zero-order valence-electron chi connectivity index (χ0n) is 12.1. The van der Waals surface area contributed by atoms with Gasteiger partial charge in [0.15, 0.2) is 0 Å². The van der Waals surface area contributed by atoms with Gasteiger partial charge in [-0.25, -0.2) is 4.79 Å². The third-order valence-corrected chi connectivity index (χ3v) is 3.37. The van der Waals surface area contributed by atoms with Crippen LogP contribution in [0.4, 0.5) is 4.79 Å². The average molecular weight is 292 g/mol. The highest BCUT2D eigenvalue weighted by Crippen LogP contribution is 2.12. The molecule has 1 unspecified atom stereocenters. The van der Waals surface area contributed by atoms with Crippen molar-refractivity contribution in [2.24, 2.45) is 0 Å². The molecule has 0 radical (unpaired) electrons. The molecular weight excluding hydrogens is 272 g/mol. The van der Waals surface area contributed by atoms with Gasteiger partial charge in [-0.1, -0.05) is 30.3 Å². The van der Waals surface area contributed by atoms with Gasteiger partial charge < -0.3 is 14.8 Å².